The first-order valence-corrected chi connectivity index (χ1v) is 18.3. The number of benzene rings is 4. The van der Waals surface area contributed by atoms with Crippen molar-refractivity contribution >= 4 is 0 Å². The zero-order valence-corrected chi connectivity index (χ0v) is 30.0. The zero-order valence-electron chi connectivity index (χ0n) is 30.0. The molecular weight excluding hydrogens is 576 g/mol. The lowest BCUT2D eigenvalue weighted by Gasteiger charge is -2.14. The van der Waals surface area contributed by atoms with Gasteiger partial charge in [0.05, 0.1) is 19.8 Å². The second kappa shape index (κ2) is 22.7. The Bertz CT molecular complexity index is 1360. The van der Waals surface area contributed by atoms with Crippen LogP contribution in [-0.4, -0.2) is 19.8 Å². The lowest BCUT2D eigenvalue weighted by molar-refractivity contribution is 0.291. The molecule has 4 aromatic carbocycles. The van der Waals surface area contributed by atoms with Crippen molar-refractivity contribution in [3.8, 4) is 39.5 Å². The van der Waals surface area contributed by atoms with Crippen LogP contribution in [0.1, 0.15) is 109 Å². The van der Waals surface area contributed by atoms with Gasteiger partial charge in [0.1, 0.15) is 17.2 Å². The maximum absolute atomic E-state index is 6.17. The van der Waals surface area contributed by atoms with E-state index in [0.29, 0.717) is 0 Å². The molecule has 0 heterocycles. The summed E-state index contributed by atoms with van der Waals surface area (Å²) in [5.74, 6) is 2.81. The Balaban J connectivity index is 0.000000267. The van der Waals surface area contributed by atoms with E-state index in [0.717, 1.165) is 61.9 Å². The third kappa shape index (κ3) is 14.7. The van der Waals surface area contributed by atoms with Gasteiger partial charge in [0, 0.05) is 11.6 Å². The predicted molar refractivity (Wildman–Crippen MR) is 202 cm³/mol. The van der Waals surface area contributed by atoms with Gasteiger partial charge in [-0.15, -0.1) is 0 Å². The fourth-order valence-electron chi connectivity index (χ4n) is 5.32. The maximum atomic E-state index is 6.17. The Labute approximate surface area is 286 Å². The van der Waals surface area contributed by atoms with Gasteiger partial charge in [0.25, 0.3) is 0 Å². The predicted octanol–water partition coefficient (Wildman–Crippen LogP) is 13.2. The molecule has 4 aromatic rings. The number of hydrogen-bond donors (Lipinski definition) is 0. The van der Waals surface area contributed by atoms with E-state index in [9.17, 15) is 0 Å². The van der Waals surface area contributed by atoms with Gasteiger partial charge in [-0.25, -0.2) is 0 Å². The fourth-order valence-corrected chi connectivity index (χ4v) is 5.32. The smallest absolute Gasteiger partial charge is 0.130 e. The Morgan fingerprint density at radius 2 is 0.787 bits per heavy atom. The summed E-state index contributed by atoms with van der Waals surface area (Å²) in [5.41, 5.74) is 7.39. The van der Waals surface area contributed by atoms with Crippen molar-refractivity contribution in [2.75, 3.05) is 19.8 Å². The van der Waals surface area contributed by atoms with E-state index >= 15 is 0 Å². The van der Waals surface area contributed by atoms with Crippen molar-refractivity contribution < 1.29 is 14.2 Å². The molecule has 0 unspecified atom stereocenters. The van der Waals surface area contributed by atoms with E-state index < -0.39 is 0 Å². The minimum Gasteiger partial charge on any atom is -0.494 e. The summed E-state index contributed by atoms with van der Waals surface area (Å²) in [6, 6.07) is 31.9. The zero-order chi connectivity index (χ0) is 33.5. The third-order valence-corrected chi connectivity index (χ3v) is 8.34. The minimum atomic E-state index is 0.763. The summed E-state index contributed by atoms with van der Waals surface area (Å²) in [7, 11) is 0. The Kier molecular flexibility index (Phi) is 18.3. The third-order valence-electron chi connectivity index (χ3n) is 8.34. The minimum absolute atomic E-state index is 0.763. The molecule has 0 aromatic heterocycles. The molecule has 47 heavy (non-hydrogen) atoms. The van der Waals surface area contributed by atoms with Crippen molar-refractivity contribution in [1.29, 1.82) is 0 Å². The van der Waals surface area contributed by atoms with Crippen LogP contribution in [0.25, 0.3) is 22.3 Å². The van der Waals surface area contributed by atoms with E-state index in [2.05, 4.69) is 126 Å². The molecule has 0 bridgehead atoms. The maximum Gasteiger partial charge on any atom is 0.130 e. The molecule has 0 radical (unpaired) electrons. The van der Waals surface area contributed by atoms with E-state index in [4.69, 9.17) is 14.2 Å². The summed E-state index contributed by atoms with van der Waals surface area (Å²) in [4.78, 5) is 0. The number of aryl methyl sites for hydroxylation is 2. The van der Waals surface area contributed by atoms with Crippen LogP contribution in [0.15, 0.2) is 91.0 Å². The summed E-state index contributed by atoms with van der Waals surface area (Å²) in [6.07, 6.45) is 14.7. The second-order valence-corrected chi connectivity index (χ2v) is 12.6. The van der Waals surface area contributed by atoms with Gasteiger partial charge in [-0.05, 0) is 74.1 Å². The Hall–Kier alpha value is -3.72. The Morgan fingerprint density at radius 1 is 0.383 bits per heavy atom. The molecule has 254 valence electrons. The summed E-state index contributed by atoms with van der Waals surface area (Å²) >= 11 is 0. The number of hydrogen-bond acceptors (Lipinski definition) is 3. The van der Waals surface area contributed by atoms with Crippen LogP contribution in [0.3, 0.4) is 0 Å². The topological polar surface area (TPSA) is 27.7 Å². The Morgan fingerprint density at radius 3 is 1.28 bits per heavy atom. The van der Waals surface area contributed by atoms with Gasteiger partial charge in [-0.3, -0.25) is 0 Å². The molecular formula is C44H60O3. The van der Waals surface area contributed by atoms with Gasteiger partial charge in [-0.2, -0.15) is 0 Å². The van der Waals surface area contributed by atoms with Crippen LogP contribution in [0.4, 0.5) is 0 Å². The molecule has 3 heteroatoms. The number of ether oxygens (including phenoxy) is 3. The highest BCUT2D eigenvalue weighted by atomic mass is 16.5. The van der Waals surface area contributed by atoms with Crippen molar-refractivity contribution in [1.82, 2.24) is 0 Å². The molecule has 0 saturated carbocycles. The average Bonchev–Trinajstić information content (AvgIpc) is 3.09. The fraction of sp³-hybridized carbons (Fsp3) is 0.455. The van der Waals surface area contributed by atoms with Crippen molar-refractivity contribution in [3.63, 3.8) is 0 Å². The first-order valence-electron chi connectivity index (χ1n) is 18.3. The van der Waals surface area contributed by atoms with Crippen LogP contribution in [0.2, 0.25) is 0 Å². The second-order valence-electron chi connectivity index (χ2n) is 12.6. The molecule has 0 aliphatic rings. The normalized spacial score (nSPS) is 10.7. The first kappa shape index (κ1) is 37.7. The van der Waals surface area contributed by atoms with E-state index in [1.54, 1.807) is 0 Å². The molecule has 0 aliphatic heterocycles. The quantitative estimate of drug-likeness (QED) is 0.0903. The molecule has 3 nitrogen and oxygen atoms in total. The standard InChI is InChI=1S/C25H36O2.C19H24O/c1-4-6-8-10-18-26-23-16-17-24(22-14-12-21(3)13-15-22)25(20-23)27-19-11-9-7-5-2;1-3-4-5-6-15-20-19-13-11-18(12-14-19)17-9-7-16(2)8-10-17/h12-17,20H,4-11,18-19H2,1-3H3;7-14H,3-6,15H2,1-2H3. The van der Waals surface area contributed by atoms with Crippen LogP contribution >= 0.6 is 0 Å². The monoisotopic (exact) mass is 636 g/mol. The van der Waals surface area contributed by atoms with E-state index in [1.807, 2.05) is 0 Å². The molecule has 0 aliphatic carbocycles. The molecule has 0 atom stereocenters. The molecule has 0 amide bonds. The highest BCUT2D eigenvalue weighted by Gasteiger charge is 2.09. The van der Waals surface area contributed by atoms with E-state index in [1.165, 1.54) is 85.6 Å². The summed E-state index contributed by atoms with van der Waals surface area (Å²) in [5, 5.41) is 0. The number of unbranched alkanes of at least 4 members (excludes halogenated alkanes) is 9. The average molecular weight is 637 g/mol. The summed E-state index contributed by atoms with van der Waals surface area (Å²) < 4.78 is 17.9. The van der Waals surface area contributed by atoms with Crippen molar-refractivity contribution in [2.45, 2.75) is 112 Å². The van der Waals surface area contributed by atoms with Crippen molar-refractivity contribution in [2.24, 2.45) is 0 Å². The van der Waals surface area contributed by atoms with Crippen LogP contribution < -0.4 is 14.2 Å². The highest BCUT2D eigenvalue weighted by molar-refractivity contribution is 5.71. The molecule has 0 N–H and O–H groups in total. The van der Waals surface area contributed by atoms with Crippen LogP contribution in [0.5, 0.6) is 17.2 Å². The molecule has 0 saturated heterocycles. The van der Waals surface area contributed by atoms with Gasteiger partial charge in [0.15, 0.2) is 0 Å². The molecule has 4 rings (SSSR count). The van der Waals surface area contributed by atoms with Crippen molar-refractivity contribution in [3.05, 3.63) is 102 Å². The first-order chi connectivity index (χ1) is 23.0. The van der Waals surface area contributed by atoms with Gasteiger partial charge >= 0.3 is 0 Å². The van der Waals surface area contributed by atoms with Crippen LogP contribution in [0, 0.1) is 13.8 Å². The number of rotatable bonds is 20. The lowest BCUT2D eigenvalue weighted by atomic mass is 10.0. The van der Waals surface area contributed by atoms with Crippen LogP contribution in [-0.2, 0) is 0 Å². The highest BCUT2D eigenvalue weighted by Crippen LogP contribution is 2.34. The SMILES string of the molecule is CCCCCCOc1ccc(-c2ccc(C)cc2)c(OCCCCCC)c1.CCCCCCOc1ccc(-c2ccc(C)cc2)cc1. The van der Waals surface area contributed by atoms with Gasteiger partial charge in [-0.1, -0.05) is 150 Å². The molecule has 0 fully saturated rings. The summed E-state index contributed by atoms with van der Waals surface area (Å²) in [6.45, 7) is 13.3. The lowest BCUT2D eigenvalue weighted by Crippen LogP contribution is -2.01. The molecule has 0 spiro atoms. The van der Waals surface area contributed by atoms with Gasteiger partial charge < -0.3 is 14.2 Å². The van der Waals surface area contributed by atoms with Gasteiger partial charge in [0.2, 0.25) is 0 Å². The van der Waals surface area contributed by atoms with E-state index in [-0.39, 0.29) is 0 Å². The largest absolute Gasteiger partial charge is 0.494 e.